The van der Waals surface area contributed by atoms with E-state index in [2.05, 4.69) is 35.0 Å². The highest BCUT2D eigenvalue weighted by molar-refractivity contribution is 6.12. The van der Waals surface area contributed by atoms with Crippen LogP contribution in [0.3, 0.4) is 0 Å². The van der Waals surface area contributed by atoms with Crippen molar-refractivity contribution in [3.63, 3.8) is 0 Å². The maximum Gasteiger partial charge on any atom is 0.226 e. The molecule has 0 unspecified atom stereocenters. The van der Waals surface area contributed by atoms with Crippen LogP contribution in [-0.2, 0) is 4.79 Å². The van der Waals surface area contributed by atoms with Crippen molar-refractivity contribution in [2.75, 3.05) is 17.2 Å². The molecule has 1 aliphatic rings. The Kier molecular flexibility index (Phi) is 5.14. The fourth-order valence-electron chi connectivity index (χ4n) is 2.85. The van der Waals surface area contributed by atoms with Crippen molar-refractivity contribution in [3.05, 3.63) is 65.9 Å². The number of carbonyl (C=O) groups excluding carboxylic acids is 1. The predicted octanol–water partition coefficient (Wildman–Crippen LogP) is 3.78. The lowest BCUT2D eigenvalue weighted by Crippen LogP contribution is -2.13. The zero-order valence-electron chi connectivity index (χ0n) is 14.2. The molecule has 0 radical (unpaired) electrons. The van der Waals surface area contributed by atoms with Crippen molar-refractivity contribution in [2.24, 2.45) is 0 Å². The zero-order valence-corrected chi connectivity index (χ0v) is 14.2. The van der Waals surface area contributed by atoms with Gasteiger partial charge in [0.2, 0.25) is 5.91 Å². The molecule has 25 heavy (non-hydrogen) atoms. The summed E-state index contributed by atoms with van der Waals surface area (Å²) in [5.41, 5.74) is 4.44. The second-order valence-electron chi connectivity index (χ2n) is 6.00. The lowest BCUT2D eigenvalue weighted by Gasteiger charge is -2.16. The first-order valence-electron chi connectivity index (χ1n) is 8.38. The van der Waals surface area contributed by atoms with Crippen molar-refractivity contribution in [2.45, 2.75) is 19.4 Å². The quantitative estimate of drug-likeness (QED) is 0.629. The summed E-state index contributed by atoms with van der Waals surface area (Å²) in [6.07, 6.45) is 3.62. The van der Waals surface area contributed by atoms with E-state index in [9.17, 15) is 4.79 Å². The number of fused-ring (bicyclic) bond motifs is 1. The van der Waals surface area contributed by atoms with Crippen LogP contribution >= 0.6 is 0 Å². The third-order valence-corrected chi connectivity index (χ3v) is 4.25. The van der Waals surface area contributed by atoms with Crippen molar-refractivity contribution < 1.29 is 4.79 Å². The molecule has 2 aromatic rings. The molecule has 3 rings (SSSR count). The van der Waals surface area contributed by atoms with Crippen molar-refractivity contribution >= 4 is 29.1 Å². The summed E-state index contributed by atoms with van der Waals surface area (Å²) in [7, 11) is 0. The number of carbonyl (C=O) groups is 1. The highest BCUT2D eigenvalue weighted by Gasteiger charge is 2.16. The van der Waals surface area contributed by atoms with Gasteiger partial charge in [-0.1, -0.05) is 42.5 Å². The van der Waals surface area contributed by atoms with Gasteiger partial charge in [-0.05, 0) is 18.6 Å². The number of allylic oxidation sites excluding steroid dienone is 1. The molecule has 5 heteroatoms. The van der Waals surface area contributed by atoms with Crippen LogP contribution in [0.2, 0.25) is 0 Å². The van der Waals surface area contributed by atoms with Gasteiger partial charge in [0.1, 0.15) is 0 Å². The fourth-order valence-corrected chi connectivity index (χ4v) is 2.85. The summed E-state index contributed by atoms with van der Waals surface area (Å²) in [5.74, 6) is -0.000363. The minimum absolute atomic E-state index is 0.000363. The smallest absolute Gasteiger partial charge is 0.226 e. The van der Waals surface area contributed by atoms with E-state index in [0.717, 1.165) is 22.5 Å². The monoisotopic (exact) mass is 334 g/mol. The molecule has 0 fully saturated rings. The Morgan fingerprint density at radius 2 is 2.00 bits per heavy atom. The Morgan fingerprint density at radius 3 is 2.76 bits per heavy atom. The Balaban J connectivity index is 1.87. The molecule has 0 aliphatic carbocycles. The summed E-state index contributed by atoms with van der Waals surface area (Å²) in [6.45, 7) is 2.66. The topological polar surface area (TPSA) is 77.0 Å². The number of hydrogen-bond acceptors (Lipinski definition) is 4. The molecular weight excluding hydrogens is 312 g/mol. The minimum Gasteiger partial charge on any atom is -0.384 e. The van der Waals surface area contributed by atoms with Gasteiger partial charge in [0.25, 0.3) is 0 Å². The maximum absolute atomic E-state index is 11.7. The second-order valence-corrected chi connectivity index (χ2v) is 6.00. The average molecular weight is 334 g/mol. The number of rotatable bonds is 5. The lowest BCUT2D eigenvalue weighted by molar-refractivity contribution is -0.115. The number of para-hydroxylation sites is 1. The van der Waals surface area contributed by atoms with Crippen molar-refractivity contribution in [3.8, 4) is 0 Å². The highest BCUT2D eigenvalue weighted by atomic mass is 16.1. The van der Waals surface area contributed by atoms with E-state index in [-0.39, 0.29) is 11.9 Å². The van der Waals surface area contributed by atoms with Gasteiger partial charge in [0.15, 0.2) is 0 Å². The highest BCUT2D eigenvalue weighted by Crippen LogP contribution is 2.32. The number of nitrogens with one attached hydrogen (secondary N) is 4. The maximum atomic E-state index is 11.7. The minimum atomic E-state index is -0.000363. The van der Waals surface area contributed by atoms with E-state index < -0.39 is 0 Å². The first-order valence-corrected chi connectivity index (χ1v) is 8.38. The molecule has 128 valence electrons. The SMILES string of the molecule is C[C@@H](N/C=C(\C=N)c1cccc2c1NCCC(=O)N2)c1ccccc1. The van der Waals surface area contributed by atoms with E-state index in [0.29, 0.717) is 13.0 Å². The molecule has 2 aromatic carbocycles. The van der Waals surface area contributed by atoms with Crippen LogP contribution in [-0.4, -0.2) is 18.7 Å². The molecule has 0 bridgehead atoms. The molecule has 1 atom stereocenters. The average Bonchev–Trinajstić information content (AvgIpc) is 2.83. The van der Waals surface area contributed by atoms with Crippen molar-refractivity contribution in [1.82, 2.24) is 5.32 Å². The molecule has 0 aromatic heterocycles. The zero-order chi connectivity index (χ0) is 17.6. The Labute approximate surface area is 147 Å². The molecule has 1 amide bonds. The number of benzene rings is 2. The number of anilines is 2. The predicted molar refractivity (Wildman–Crippen MR) is 103 cm³/mol. The molecule has 1 aliphatic heterocycles. The van der Waals surface area contributed by atoms with E-state index >= 15 is 0 Å². The molecule has 0 spiro atoms. The van der Waals surface area contributed by atoms with Gasteiger partial charge >= 0.3 is 0 Å². The Morgan fingerprint density at radius 1 is 1.20 bits per heavy atom. The third kappa shape index (κ3) is 3.88. The van der Waals surface area contributed by atoms with Gasteiger partial charge in [-0.25, -0.2) is 0 Å². The van der Waals surface area contributed by atoms with Crippen LogP contribution in [0.15, 0.2) is 54.7 Å². The van der Waals surface area contributed by atoms with Gasteiger partial charge in [0.05, 0.1) is 11.4 Å². The standard InChI is InChI=1S/C20H22N4O/c1-14(15-6-3-2-4-7-15)23-13-16(12-21)17-8-5-9-18-20(17)22-11-10-19(25)24-18/h2-9,12-14,21-23H,10-11H2,1H3,(H,24,25)/b16-13+,21-12?/t14-/m1/s1. The summed E-state index contributed by atoms with van der Waals surface area (Å²) in [4.78, 5) is 11.7. The largest absolute Gasteiger partial charge is 0.384 e. The van der Waals surface area contributed by atoms with E-state index in [4.69, 9.17) is 5.41 Å². The van der Waals surface area contributed by atoms with Gasteiger partial charge in [-0.15, -0.1) is 0 Å². The summed E-state index contributed by atoms with van der Waals surface area (Å²) < 4.78 is 0. The van der Waals surface area contributed by atoms with E-state index in [1.807, 2.05) is 42.6 Å². The Hall–Kier alpha value is -3.08. The lowest BCUT2D eigenvalue weighted by atomic mass is 10.0. The molecule has 1 heterocycles. The molecule has 5 nitrogen and oxygen atoms in total. The molecular formula is C20H22N4O. The fraction of sp³-hybridized carbons (Fsp3) is 0.200. The first-order chi connectivity index (χ1) is 12.2. The first kappa shape index (κ1) is 16.8. The van der Waals surface area contributed by atoms with Gasteiger partial charge in [-0.2, -0.15) is 0 Å². The molecule has 0 saturated heterocycles. The van der Waals surface area contributed by atoms with E-state index in [1.165, 1.54) is 11.8 Å². The molecule has 4 N–H and O–H groups in total. The summed E-state index contributed by atoms with van der Waals surface area (Å²) in [6, 6.07) is 16.0. The van der Waals surface area contributed by atoms with Gasteiger partial charge in [-0.3, -0.25) is 4.79 Å². The van der Waals surface area contributed by atoms with Crippen LogP contribution in [0, 0.1) is 5.41 Å². The number of amides is 1. The summed E-state index contributed by atoms with van der Waals surface area (Å²) in [5, 5.41) is 17.4. The van der Waals surface area contributed by atoms with Crippen LogP contribution in [0.5, 0.6) is 0 Å². The summed E-state index contributed by atoms with van der Waals surface area (Å²) >= 11 is 0. The second kappa shape index (κ2) is 7.66. The Bertz CT molecular complexity index is 799. The van der Waals surface area contributed by atoms with Gasteiger partial charge in [0, 0.05) is 42.6 Å². The van der Waals surface area contributed by atoms with Crippen LogP contribution in [0.25, 0.3) is 5.57 Å². The van der Waals surface area contributed by atoms with E-state index in [1.54, 1.807) is 0 Å². The van der Waals surface area contributed by atoms with Gasteiger partial charge < -0.3 is 21.4 Å². The van der Waals surface area contributed by atoms with Crippen molar-refractivity contribution in [1.29, 1.82) is 5.41 Å². The van der Waals surface area contributed by atoms with Crippen LogP contribution in [0.4, 0.5) is 11.4 Å². The third-order valence-electron chi connectivity index (χ3n) is 4.25. The van der Waals surface area contributed by atoms with Crippen LogP contribution < -0.4 is 16.0 Å². The number of hydrogen-bond donors (Lipinski definition) is 4. The molecule has 0 saturated carbocycles. The van der Waals surface area contributed by atoms with Crippen LogP contribution in [0.1, 0.15) is 30.5 Å². The normalized spacial score (nSPS) is 15.2.